The molecule has 3 heterocycles. The second kappa shape index (κ2) is 11.7. The maximum atomic E-state index is 13.9. The van der Waals surface area contributed by atoms with Crippen LogP contribution < -0.4 is 16.1 Å². The number of ether oxygens (including phenoxy) is 1. The fraction of sp³-hybridized carbons (Fsp3) is 0.545. The van der Waals surface area contributed by atoms with Gasteiger partial charge in [0.15, 0.2) is 6.10 Å². The average molecular weight is 588 g/mol. The Morgan fingerprint density at radius 3 is 2.44 bits per heavy atom. The summed E-state index contributed by atoms with van der Waals surface area (Å²) >= 11 is 0. The number of carbonyl (C=O) groups is 4. The normalized spacial score (nSPS) is 33.3. The van der Waals surface area contributed by atoms with Crippen LogP contribution in [-0.4, -0.2) is 58.4 Å². The smallest absolute Gasteiger partial charge is 0.316 e. The number of pyridine rings is 1. The van der Waals surface area contributed by atoms with Crippen LogP contribution >= 0.6 is 0 Å². The van der Waals surface area contributed by atoms with E-state index in [1.165, 1.54) is 5.01 Å². The molecular formula is C33H41N5O5. The van der Waals surface area contributed by atoms with E-state index in [9.17, 15) is 19.2 Å². The lowest BCUT2D eigenvalue weighted by molar-refractivity contribution is -0.165. The average Bonchev–Trinajstić information content (AvgIpc) is 3.78. The molecule has 2 aromatic rings. The van der Waals surface area contributed by atoms with Gasteiger partial charge < -0.3 is 15.4 Å². The predicted octanol–water partition coefficient (Wildman–Crippen LogP) is 3.57. The highest BCUT2D eigenvalue weighted by molar-refractivity contribution is 5.92. The van der Waals surface area contributed by atoms with E-state index in [4.69, 9.17) is 9.72 Å². The Balaban J connectivity index is 1.36. The second-order valence-electron chi connectivity index (χ2n) is 13.0. The standard InChI is InChI=1S/C33H41N5O5/c1-19-12-14-33(18-19)15-13-22-6-7-23-10-11-25(36-27(23)17-22)20(2)34-29(39)26-5-4-16-38(37-26)31(41)21(3)35-30(40)28(24-8-9-24)43-32(33)42/h6-7,10-11,13,15,17,19-21,24,26,28,37H,4-5,8-9,12,14,16,18H2,1-3H3,(H,34,39)(H,35,40)/b15-13+/t19?,20-,21+,26+,28+,33?/m1/s1. The first kappa shape index (κ1) is 29.3. The van der Waals surface area contributed by atoms with E-state index in [1.54, 1.807) is 6.92 Å². The van der Waals surface area contributed by atoms with E-state index in [0.717, 1.165) is 41.4 Å². The molecule has 10 heteroatoms. The topological polar surface area (TPSA) is 130 Å². The minimum atomic E-state index is -0.948. The lowest BCUT2D eigenvalue weighted by atomic mass is 9.84. The number of aromatic nitrogens is 1. The monoisotopic (exact) mass is 587 g/mol. The number of benzene rings is 1. The molecule has 1 aromatic carbocycles. The van der Waals surface area contributed by atoms with Gasteiger partial charge in [-0.3, -0.25) is 29.2 Å². The van der Waals surface area contributed by atoms with Crippen LogP contribution in [0.4, 0.5) is 0 Å². The number of hydrogen-bond donors (Lipinski definition) is 3. The molecule has 3 fully saturated rings. The Hall–Kier alpha value is -3.79. The molecule has 10 nitrogen and oxygen atoms in total. The zero-order valence-corrected chi connectivity index (χ0v) is 25.1. The molecule has 228 valence electrons. The molecule has 6 atom stereocenters. The minimum Gasteiger partial charge on any atom is -0.451 e. The SMILES string of the molecule is CC1CCC2(/C=C/c3ccc4ccc(nc4c3)[C@@H](C)NC(=O)[C@@H]3CCCN(N3)C(=O)[C@H](C)NC(=O)[C@H](C3CC3)OC2=O)C1. The van der Waals surface area contributed by atoms with E-state index in [2.05, 4.69) is 23.0 Å². The second-order valence-corrected chi connectivity index (χ2v) is 13.0. The van der Waals surface area contributed by atoms with E-state index >= 15 is 0 Å². The molecule has 2 unspecified atom stereocenters. The molecule has 2 aliphatic heterocycles. The summed E-state index contributed by atoms with van der Waals surface area (Å²) in [5.74, 6) is -1.12. The minimum absolute atomic E-state index is 0.0587. The molecular weight excluding hydrogens is 546 g/mol. The number of esters is 1. The molecule has 6 rings (SSSR count). The van der Waals surface area contributed by atoms with Crippen molar-refractivity contribution in [3.63, 3.8) is 0 Å². The molecule has 1 spiro atoms. The Kier molecular flexibility index (Phi) is 7.98. The van der Waals surface area contributed by atoms with Gasteiger partial charge in [0.25, 0.3) is 11.8 Å². The van der Waals surface area contributed by atoms with Gasteiger partial charge in [0.05, 0.1) is 22.7 Å². The summed E-state index contributed by atoms with van der Waals surface area (Å²) in [6.45, 7) is 6.06. The third-order valence-electron chi connectivity index (χ3n) is 9.38. The molecule has 2 saturated carbocycles. The van der Waals surface area contributed by atoms with Gasteiger partial charge >= 0.3 is 5.97 Å². The van der Waals surface area contributed by atoms with Crippen molar-refractivity contribution < 1.29 is 23.9 Å². The molecule has 0 radical (unpaired) electrons. The lowest BCUT2D eigenvalue weighted by Gasteiger charge is -2.35. The van der Waals surface area contributed by atoms with Crippen LogP contribution in [0.1, 0.15) is 83.0 Å². The number of nitrogens with one attached hydrogen (secondary N) is 3. The van der Waals surface area contributed by atoms with Crippen molar-refractivity contribution in [3.05, 3.63) is 47.7 Å². The fourth-order valence-electron chi connectivity index (χ4n) is 6.59. The fourth-order valence-corrected chi connectivity index (χ4v) is 6.59. The lowest BCUT2D eigenvalue weighted by Crippen LogP contribution is -2.61. The summed E-state index contributed by atoms with van der Waals surface area (Å²) in [5.41, 5.74) is 4.65. The van der Waals surface area contributed by atoms with Crippen LogP contribution in [-0.2, 0) is 23.9 Å². The Bertz CT molecular complexity index is 1470. The maximum absolute atomic E-state index is 13.9. The molecule has 5 bridgehead atoms. The van der Waals surface area contributed by atoms with E-state index in [1.807, 2.05) is 49.4 Å². The van der Waals surface area contributed by atoms with Gasteiger partial charge in [-0.1, -0.05) is 37.3 Å². The number of rotatable bonds is 1. The molecule has 3 N–H and O–H groups in total. The van der Waals surface area contributed by atoms with E-state index in [0.29, 0.717) is 38.1 Å². The number of hydrogen-bond acceptors (Lipinski definition) is 7. The molecule has 1 saturated heterocycles. The molecule has 2 aliphatic carbocycles. The van der Waals surface area contributed by atoms with Crippen LogP contribution in [0.2, 0.25) is 0 Å². The van der Waals surface area contributed by atoms with Gasteiger partial charge in [-0.2, -0.15) is 0 Å². The van der Waals surface area contributed by atoms with Gasteiger partial charge in [0.2, 0.25) is 5.91 Å². The molecule has 4 aliphatic rings. The summed E-state index contributed by atoms with van der Waals surface area (Å²) in [7, 11) is 0. The van der Waals surface area contributed by atoms with Crippen LogP contribution in [0, 0.1) is 17.3 Å². The van der Waals surface area contributed by atoms with Gasteiger partial charge in [-0.25, -0.2) is 5.43 Å². The van der Waals surface area contributed by atoms with Crippen LogP contribution in [0.5, 0.6) is 0 Å². The third-order valence-corrected chi connectivity index (χ3v) is 9.38. The highest BCUT2D eigenvalue weighted by Gasteiger charge is 2.47. The van der Waals surface area contributed by atoms with Gasteiger partial charge in [0, 0.05) is 17.8 Å². The van der Waals surface area contributed by atoms with Crippen LogP contribution in [0.25, 0.3) is 17.0 Å². The van der Waals surface area contributed by atoms with Crippen molar-refractivity contribution >= 4 is 40.7 Å². The summed E-state index contributed by atoms with van der Waals surface area (Å²) in [6.07, 6.45) is 7.93. The highest BCUT2D eigenvalue weighted by Crippen LogP contribution is 2.46. The van der Waals surface area contributed by atoms with Crippen molar-refractivity contribution in [1.29, 1.82) is 0 Å². The van der Waals surface area contributed by atoms with Crippen LogP contribution in [0.3, 0.4) is 0 Å². The quantitative estimate of drug-likeness (QED) is 0.435. The zero-order chi connectivity index (χ0) is 30.3. The van der Waals surface area contributed by atoms with Crippen molar-refractivity contribution in [1.82, 2.24) is 26.1 Å². The Labute approximate surface area is 252 Å². The summed E-state index contributed by atoms with van der Waals surface area (Å²) in [5, 5.41) is 8.23. The van der Waals surface area contributed by atoms with Gasteiger partial charge in [-0.05, 0) is 82.4 Å². The van der Waals surface area contributed by atoms with Crippen molar-refractivity contribution in [2.24, 2.45) is 17.3 Å². The summed E-state index contributed by atoms with van der Waals surface area (Å²) < 4.78 is 6.03. The molecule has 3 amide bonds. The number of fused-ring (bicyclic) bond motifs is 4. The zero-order valence-electron chi connectivity index (χ0n) is 25.1. The number of amides is 3. The Morgan fingerprint density at radius 1 is 0.930 bits per heavy atom. The van der Waals surface area contributed by atoms with Crippen LogP contribution in [0.15, 0.2) is 36.4 Å². The Morgan fingerprint density at radius 2 is 1.70 bits per heavy atom. The largest absolute Gasteiger partial charge is 0.451 e. The first-order valence-electron chi connectivity index (χ1n) is 15.6. The first-order valence-corrected chi connectivity index (χ1v) is 15.6. The van der Waals surface area contributed by atoms with Gasteiger partial charge in [-0.15, -0.1) is 0 Å². The summed E-state index contributed by atoms with van der Waals surface area (Å²) in [6, 6.07) is 8.07. The van der Waals surface area contributed by atoms with Crippen molar-refractivity contribution in [3.8, 4) is 0 Å². The highest BCUT2D eigenvalue weighted by atomic mass is 16.6. The predicted molar refractivity (Wildman–Crippen MR) is 161 cm³/mol. The van der Waals surface area contributed by atoms with E-state index < -0.39 is 29.5 Å². The number of hydrazine groups is 1. The molecule has 1 aromatic heterocycles. The maximum Gasteiger partial charge on any atom is 0.316 e. The van der Waals surface area contributed by atoms with Crippen molar-refractivity contribution in [2.45, 2.75) is 89.9 Å². The van der Waals surface area contributed by atoms with Crippen molar-refractivity contribution in [2.75, 3.05) is 6.54 Å². The number of cyclic esters (lactones) is 1. The summed E-state index contributed by atoms with van der Waals surface area (Å²) in [4.78, 5) is 58.7. The molecule has 43 heavy (non-hydrogen) atoms. The number of carbonyl (C=O) groups excluding carboxylic acids is 4. The third kappa shape index (κ3) is 6.16. The van der Waals surface area contributed by atoms with Gasteiger partial charge in [0.1, 0.15) is 12.1 Å². The number of nitrogens with zero attached hydrogens (tertiary/aromatic N) is 2. The van der Waals surface area contributed by atoms with E-state index in [-0.39, 0.29) is 29.7 Å². The first-order chi connectivity index (χ1) is 20.6.